The summed E-state index contributed by atoms with van der Waals surface area (Å²) < 4.78 is 0. The van der Waals surface area contributed by atoms with Gasteiger partial charge in [0.25, 0.3) is 0 Å². The number of carbonyl (C=O) groups is 1. The molecular weight excluding hydrogens is 142 g/mol. The molecule has 1 aliphatic heterocycles. The van der Waals surface area contributed by atoms with Gasteiger partial charge in [-0.1, -0.05) is 6.92 Å². The topological polar surface area (TPSA) is 40.5 Å². The lowest BCUT2D eigenvalue weighted by Crippen LogP contribution is -2.24. The lowest BCUT2D eigenvalue weighted by atomic mass is 9.94. The Hall–Kier alpha value is -0.570. The quantitative estimate of drug-likeness (QED) is 0.607. The highest BCUT2D eigenvalue weighted by Gasteiger charge is 2.38. The fourth-order valence-corrected chi connectivity index (χ4v) is 1.68. The van der Waals surface area contributed by atoms with Crippen LogP contribution in [-0.2, 0) is 4.79 Å². The Labute approximate surface area is 67.0 Å². The smallest absolute Gasteiger partial charge is 0.308 e. The van der Waals surface area contributed by atoms with Gasteiger partial charge in [-0.3, -0.25) is 4.79 Å². The zero-order valence-electron chi connectivity index (χ0n) is 7.24. The summed E-state index contributed by atoms with van der Waals surface area (Å²) in [5.74, 6) is -0.554. The highest BCUT2D eigenvalue weighted by atomic mass is 16.4. The maximum absolute atomic E-state index is 10.7. The van der Waals surface area contributed by atoms with Gasteiger partial charge >= 0.3 is 5.97 Å². The third kappa shape index (κ3) is 1.38. The van der Waals surface area contributed by atoms with Crippen LogP contribution in [0.3, 0.4) is 0 Å². The first-order valence-electron chi connectivity index (χ1n) is 3.97. The molecule has 0 spiro atoms. The highest BCUT2D eigenvalue weighted by Crippen LogP contribution is 2.27. The van der Waals surface area contributed by atoms with E-state index in [1.54, 1.807) is 0 Å². The van der Waals surface area contributed by atoms with E-state index in [4.69, 9.17) is 5.11 Å². The van der Waals surface area contributed by atoms with Crippen LogP contribution in [0.15, 0.2) is 0 Å². The molecule has 1 heterocycles. The van der Waals surface area contributed by atoms with Crippen molar-refractivity contribution in [3.8, 4) is 0 Å². The van der Waals surface area contributed by atoms with Gasteiger partial charge in [0.05, 0.1) is 5.92 Å². The fraction of sp³-hybridized carbons (Fsp3) is 0.875. The minimum absolute atomic E-state index is 0.171. The molecule has 0 aromatic heterocycles. The van der Waals surface area contributed by atoms with E-state index >= 15 is 0 Å². The van der Waals surface area contributed by atoms with Crippen molar-refractivity contribution < 1.29 is 9.90 Å². The van der Waals surface area contributed by atoms with E-state index in [2.05, 4.69) is 11.8 Å². The third-order valence-electron chi connectivity index (χ3n) is 2.89. The summed E-state index contributed by atoms with van der Waals surface area (Å²) in [5, 5.41) is 8.79. The van der Waals surface area contributed by atoms with Crippen molar-refractivity contribution >= 4 is 5.97 Å². The van der Waals surface area contributed by atoms with Crippen LogP contribution in [-0.4, -0.2) is 35.6 Å². The Morgan fingerprint density at radius 1 is 1.55 bits per heavy atom. The molecule has 64 valence electrons. The second-order valence-corrected chi connectivity index (χ2v) is 3.48. The normalized spacial score (nSPS) is 39.4. The van der Waals surface area contributed by atoms with Gasteiger partial charge in [0.2, 0.25) is 0 Å². The van der Waals surface area contributed by atoms with E-state index in [9.17, 15) is 4.79 Å². The molecule has 3 atom stereocenters. The van der Waals surface area contributed by atoms with Gasteiger partial charge in [-0.25, -0.2) is 0 Å². The van der Waals surface area contributed by atoms with E-state index in [0.717, 1.165) is 0 Å². The van der Waals surface area contributed by atoms with E-state index in [0.29, 0.717) is 12.6 Å². The maximum Gasteiger partial charge on any atom is 0.308 e. The molecule has 1 rings (SSSR count). The second-order valence-electron chi connectivity index (χ2n) is 3.48. The molecule has 0 bridgehead atoms. The predicted octanol–water partition coefficient (Wildman–Crippen LogP) is 0.657. The van der Waals surface area contributed by atoms with Crippen LogP contribution in [0.1, 0.15) is 13.8 Å². The number of hydrogen-bond acceptors (Lipinski definition) is 2. The molecule has 0 radical (unpaired) electrons. The summed E-state index contributed by atoms with van der Waals surface area (Å²) in [4.78, 5) is 12.8. The Kier molecular flexibility index (Phi) is 2.18. The Bertz CT molecular complexity index is 169. The number of carboxylic acid groups (broad SMARTS) is 1. The third-order valence-corrected chi connectivity index (χ3v) is 2.89. The average Bonchev–Trinajstić information content (AvgIpc) is 2.17. The molecule has 11 heavy (non-hydrogen) atoms. The first-order valence-corrected chi connectivity index (χ1v) is 3.97. The molecule has 1 saturated heterocycles. The average molecular weight is 157 g/mol. The molecule has 0 amide bonds. The van der Waals surface area contributed by atoms with E-state index < -0.39 is 5.97 Å². The van der Waals surface area contributed by atoms with E-state index in [1.807, 2.05) is 14.0 Å². The Morgan fingerprint density at radius 3 is 2.27 bits per heavy atom. The van der Waals surface area contributed by atoms with Gasteiger partial charge in [-0.2, -0.15) is 0 Å². The molecule has 0 aromatic carbocycles. The standard InChI is InChI=1S/C8H15NO2/c1-5-6(2)9(3)4-7(5)8(10)11/h5-7H,4H2,1-3H3,(H,10,11). The summed E-state index contributed by atoms with van der Waals surface area (Å²) in [6, 6.07) is 0.399. The fourth-order valence-electron chi connectivity index (χ4n) is 1.68. The molecule has 3 unspecified atom stereocenters. The van der Waals surface area contributed by atoms with Crippen LogP contribution < -0.4 is 0 Å². The lowest BCUT2D eigenvalue weighted by Gasteiger charge is -2.16. The molecular formula is C8H15NO2. The lowest BCUT2D eigenvalue weighted by molar-refractivity contribution is -0.142. The highest BCUT2D eigenvalue weighted by molar-refractivity contribution is 5.71. The second kappa shape index (κ2) is 2.81. The summed E-state index contributed by atoms with van der Waals surface area (Å²) in [6.45, 7) is 4.78. The van der Waals surface area contributed by atoms with Crippen LogP contribution in [0, 0.1) is 11.8 Å². The number of nitrogens with zero attached hydrogens (tertiary/aromatic N) is 1. The summed E-state index contributed by atoms with van der Waals surface area (Å²) >= 11 is 0. The minimum atomic E-state index is -0.659. The first-order chi connectivity index (χ1) is 5.04. The molecule has 0 aliphatic carbocycles. The van der Waals surface area contributed by atoms with Crippen molar-refractivity contribution in [1.82, 2.24) is 4.90 Å². The van der Waals surface area contributed by atoms with Crippen LogP contribution in [0.5, 0.6) is 0 Å². The van der Waals surface area contributed by atoms with Gasteiger partial charge in [0.15, 0.2) is 0 Å². The van der Waals surface area contributed by atoms with Gasteiger partial charge in [-0.05, 0) is 19.9 Å². The molecule has 3 nitrogen and oxygen atoms in total. The van der Waals surface area contributed by atoms with Crippen molar-refractivity contribution in [3.05, 3.63) is 0 Å². The monoisotopic (exact) mass is 157 g/mol. The van der Waals surface area contributed by atoms with Crippen LogP contribution in [0.2, 0.25) is 0 Å². The predicted molar refractivity (Wildman–Crippen MR) is 42.4 cm³/mol. The largest absolute Gasteiger partial charge is 0.481 e. The van der Waals surface area contributed by atoms with Gasteiger partial charge in [0, 0.05) is 12.6 Å². The SMILES string of the molecule is CC1C(C(=O)O)CN(C)C1C. The molecule has 0 aromatic rings. The van der Waals surface area contributed by atoms with Crippen molar-refractivity contribution in [2.45, 2.75) is 19.9 Å². The number of likely N-dealkylation sites (tertiary alicyclic amines) is 1. The van der Waals surface area contributed by atoms with Crippen LogP contribution >= 0.6 is 0 Å². The van der Waals surface area contributed by atoms with Gasteiger partial charge < -0.3 is 10.0 Å². The summed E-state index contributed by atoms with van der Waals surface area (Å²) in [5.41, 5.74) is 0. The summed E-state index contributed by atoms with van der Waals surface area (Å²) in [7, 11) is 1.98. The number of hydrogen-bond donors (Lipinski definition) is 1. The zero-order chi connectivity index (χ0) is 8.59. The molecule has 1 fully saturated rings. The first kappa shape index (κ1) is 8.53. The molecule has 1 N–H and O–H groups in total. The molecule has 3 heteroatoms. The van der Waals surface area contributed by atoms with Crippen molar-refractivity contribution in [2.24, 2.45) is 11.8 Å². The van der Waals surface area contributed by atoms with Gasteiger partial charge in [-0.15, -0.1) is 0 Å². The van der Waals surface area contributed by atoms with Crippen molar-refractivity contribution in [1.29, 1.82) is 0 Å². The molecule has 0 saturated carbocycles. The van der Waals surface area contributed by atoms with E-state index in [1.165, 1.54) is 0 Å². The van der Waals surface area contributed by atoms with Crippen molar-refractivity contribution in [2.75, 3.05) is 13.6 Å². The van der Waals surface area contributed by atoms with Gasteiger partial charge in [0.1, 0.15) is 0 Å². The molecule has 1 aliphatic rings. The zero-order valence-corrected chi connectivity index (χ0v) is 7.24. The van der Waals surface area contributed by atoms with Crippen LogP contribution in [0.25, 0.3) is 0 Å². The summed E-state index contributed by atoms with van der Waals surface area (Å²) in [6.07, 6.45) is 0. The number of carboxylic acids is 1. The maximum atomic E-state index is 10.7. The Balaban J connectivity index is 2.67. The van der Waals surface area contributed by atoms with Crippen LogP contribution in [0.4, 0.5) is 0 Å². The number of aliphatic carboxylic acids is 1. The minimum Gasteiger partial charge on any atom is -0.481 e. The van der Waals surface area contributed by atoms with E-state index in [-0.39, 0.29) is 11.8 Å². The number of rotatable bonds is 1. The Morgan fingerprint density at radius 2 is 2.09 bits per heavy atom. The van der Waals surface area contributed by atoms with Crippen molar-refractivity contribution in [3.63, 3.8) is 0 Å².